The van der Waals surface area contributed by atoms with Gasteiger partial charge >= 0.3 is 0 Å². The zero-order valence-electron chi connectivity index (χ0n) is 17.6. The maximum Gasteiger partial charge on any atom is 0.243 e. The highest BCUT2D eigenvalue weighted by molar-refractivity contribution is 7.89. The zero-order chi connectivity index (χ0) is 21.7. The Hall–Kier alpha value is -2.70. The van der Waals surface area contributed by atoms with Crippen LogP contribution in [0.5, 0.6) is 0 Å². The molecule has 158 valence electrons. The van der Waals surface area contributed by atoms with Crippen LogP contribution in [0.2, 0.25) is 0 Å². The molecule has 3 aromatic carbocycles. The first-order chi connectivity index (χ1) is 14.4. The number of rotatable bonds is 8. The van der Waals surface area contributed by atoms with E-state index in [-0.39, 0.29) is 16.8 Å². The van der Waals surface area contributed by atoms with Gasteiger partial charge in [0.25, 0.3) is 0 Å². The van der Waals surface area contributed by atoms with Gasteiger partial charge in [0, 0.05) is 13.1 Å². The smallest absolute Gasteiger partial charge is 0.243 e. The van der Waals surface area contributed by atoms with Crippen LogP contribution in [0.25, 0.3) is 10.8 Å². The van der Waals surface area contributed by atoms with Gasteiger partial charge in [-0.1, -0.05) is 68.4 Å². The van der Waals surface area contributed by atoms with E-state index in [1.807, 2.05) is 63.2 Å². The first-order valence-electron chi connectivity index (χ1n) is 10.2. The lowest BCUT2D eigenvalue weighted by Crippen LogP contribution is -2.30. The monoisotopic (exact) mass is 424 g/mol. The lowest BCUT2D eigenvalue weighted by atomic mass is 10.0. The first kappa shape index (κ1) is 22.0. The van der Waals surface area contributed by atoms with E-state index in [4.69, 9.17) is 0 Å². The molecule has 0 aliphatic carbocycles. The molecule has 6 heteroatoms. The summed E-state index contributed by atoms with van der Waals surface area (Å²) in [5.41, 5.74) is 1.85. The Balaban J connectivity index is 1.70. The van der Waals surface area contributed by atoms with Crippen molar-refractivity contribution in [2.24, 2.45) is 0 Å². The molecule has 0 aromatic heterocycles. The fraction of sp³-hybridized carbons (Fsp3) is 0.292. The average molecular weight is 425 g/mol. The minimum atomic E-state index is -3.48. The van der Waals surface area contributed by atoms with Crippen molar-refractivity contribution >= 4 is 26.7 Å². The highest BCUT2D eigenvalue weighted by Gasteiger charge is 2.21. The molecule has 3 aromatic rings. The molecule has 1 amide bonds. The van der Waals surface area contributed by atoms with Crippen LogP contribution in [0.3, 0.4) is 0 Å². The number of amides is 1. The van der Waals surface area contributed by atoms with Crippen LogP contribution in [0.15, 0.2) is 71.6 Å². The van der Waals surface area contributed by atoms with Crippen molar-refractivity contribution in [1.29, 1.82) is 0 Å². The second kappa shape index (κ2) is 9.41. The quantitative estimate of drug-likeness (QED) is 0.587. The largest absolute Gasteiger partial charge is 0.349 e. The molecule has 0 aliphatic heterocycles. The predicted octanol–water partition coefficient (Wildman–Crippen LogP) is 4.29. The number of fused-ring (bicyclic) bond motifs is 1. The maximum absolute atomic E-state index is 12.6. The molecule has 0 saturated carbocycles. The Morgan fingerprint density at radius 2 is 1.57 bits per heavy atom. The van der Waals surface area contributed by atoms with Crippen LogP contribution in [0.1, 0.15) is 37.9 Å². The molecule has 0 saturated heterocycles. The van der Waals surface area contributed by atoms with Gasteiger partial charge in [-0.25, -0.2) is 8.42 Å². The number of hydrogen-bond donors (Lipinski definition) is 1. The van der Waals surface area contributed by atoms with Crippen LogP contribution in [-0.4, -0.2) is 31.7 Å². The lowest BCUT2D eigenvalue weighted by molar-refractivity contribution is -0.121. The first-order valence-corrected chi connectivity index (χ1v) is 11.7. The normalized spacial score (nSPS) is 12.8. The summed E-state index contributed by atoms with van der Waals surface area (Å²) in [4.78, 5) is 12.9. The van der Waals surface area contributed by atoms with Gasteiger partial charge in [-0.3, -0.25) is 4.79 Å². The van der Waals surface area contributed by atoms with Crippen LogP contribution in [0.4, 0.5) is 0 Å². The molecule has 0 aliphatic rings. The van der Waals surface area contributed by atoms with Crippen molar-refractivity contribution in [3.63, 3.8) is 0 Å². The summed E-state index contributed by atoms with van der Waals surface area (Å²) in [5, 5.41) is 5.20. The Labute approximate surface area is 178 Å². The predicted molar refractivity (Wildman–Crippen MR) is 121 cm³/mol. The molecule has 0 spiro atoms. The zero-order valence-corrected chi connectivity index (χ0v) is 18.4. The molecule has 0 unspecified atom stereocenters. The standard InChI is InChI=1S/C24H28N2O3S/c1-4-26(5-2)30(28,29)22-15-13-19(14-16-22)18(3)25-24(27)17-21-11-8-10-20-9-6-7-12-23(20)21/h6-16,18H,4-5,17H2,1-3H3,(H,25,27)/t18-/m0/s1. The number of sulfonamides is 1. The second-order valence-corrected chi connectivity index (χ2v) is 9.20. The molecule has 0 bridgehead atoms. The molecule has 3 rings (SSSR count). The van der Waals surface area contributed by atoms with Gasteiger partial charge in [-0.05, 0) is 41.0 Å². The van der Waals surface area contributed by atoms with Gasteiger partial charge in [0.2, 0.25) is 15.9 Å². The van der Waals surface area contributed by atoms with E-state index in [1.54, 1.807) is 24.3 Å². The Bertz CT molecular complexity index is 1120. The number of carbonyl (C=O) groups excluding carboxylic acids is 1. The SMILES string of the molecule is CCN(CC)S(=O)(=O)c1ccc([C@H](C)NC(=O)Cc2cccc3ccccc23)cc1. The van der Waals surface area contributed by atoms with Gasteiger partial charge < -0.3 is 5.32 Å². The van der Waals surface area contributed by atoms with E-state index in [9.17, 15) is 13.2 Å². The maximum atomic E-state index is 12.6. The third kappa shape index (κ3) is 4.71. The van der Waals surface area contributed by atoms with Crippen molar-refractivity contribution in [3.05, 3.63) is 77.9 Å². The average Bonchev–Trinajstić information content (AvgIpc) is 2.74. The third-order valence-electron chi connectivity index (χ3n) is 5.33. The summed E-state index contributed by atoms with van der Waals surface area (Å²) >= 11 is 0. The van der Waals surface area contributed by atoms with E-state index < -0.39 is 10.0 Å². The van der Waals surface area contributed by atoms with E-state index in [0.29, 0.717) is 19.5 Å². The van der Waals surface area contributed by atoms with E-state index >= 15 is 0 Å². The topological polar surface area (TPSA) is 66.5 Å². The number of nitrogens with one attached hydrogen (secondary N) is 1. The molecule has 0 heterocycles. The summed E-state index contributed by atoms with van der Waals surface area (Å²) in [6.07, 6.45) is 0.292. The Morgan fingerprint density at radius 3 is 2.23 bits per heavy atom. The van der Waals surface area contributed by atoms with E-state index in [0.717, 1.165) is 21.9 Å². The van der Waals surface area contributed by atoms with Crippen LogP contribution in [0, 0.1) is 0 Å². The highest BCUT2D eigenvalue weighted by Crippen LogP contribution is 2.21. The van der Waals surface area contributed by atoms with Gasteiger partial charge in [0.1, 0.15) is 0 Å². The van der Waals surface area contributed by atoms with E-state index in [2.05, 4.69) is 5.32 Å². The van der Waals surface area contributed by atoms with Crippen molar-refractivity contribution in [2.75, 3.05) is 13.1 Å². The van der Waals surface area contributed by atoms with Crippen LogP contribution < -0.4 is 5.32 Å². The van der Waals surface area contributed by atoms with Gasteiger partial charge in [-0.2, -0.15) is 4.31 Å². The summed E-state index contributed by atoms with van der Waals surface area (Å²) < 4.78 is 26.7. The number of carbonyl (C=O) groups is 1. The van der Waals surface area contributed by atoms with Crippen LogP contribution in [-0.2, 0) is 21.2 Å². The molecule has 0 fully saturated rings. The summed E-state index contributed by atoms with van der Waals surface area (Å²) in [6.45, 7) is 6.41. The number of nitrogens with zero attached hydrogens (tertiary/aromatic N) is 1. The Kier molecular flexibility index (Phi) is 6.90. The van der Waals surface area contributed by atoms with Crippen molar-refractivity contribution < 1.29 is 13.2 Å². The van der Waals surface area contributed by atoms with Crippen molar-refractivity contribution in [3.8, 4) is 0 Å². The molecular formula is C24H28N2O3S. The van der Waals surface area contributed by atoms with Crippen molar-refractivity contribution in [2.45, 2.75) is 38.1 Å². The van der Waals surface area contributed by atoms with Crippen LogP contribution >= 0.6 is 0 Å². The lowest BCUT2D eigenvalue weighted by Gasteiger charge is -2.19. The summed E-state index contributed by atoms with van der Waals surface area (Å²) in [7, 11) is -3.48. The third-order valence-corrected chi connectivity index (χ3v) is 7.40. The number of benzene rings is 3. The van der Waals surface area contributed by atoms with Gasteiger partial charge in [0.05, 0.1) is 17.4 Å². The molecular weight excluding hydrogens is 396 g/mol. The van der Waals surface area contributed by atoms with Crippen molar-refractivity contribution in [1.82, 2.24) is 9.62 Å². The van der Waals surface area contributed by atoms with E-state index in [1.165, 1.54) is 4.31 Å². The minimum absolute atomic E-state index is 0.0707. The number of hydrogen-bond acceptors (Lipinski definition) is 3. The molecule has 5 nitrogen and oxygen atoms in total. The fourth-order valence-corrected chi connectivity index (χ4v) is 5.09. The highest BCUT2D eigenvalue weighted by atomic mass is 32.2. The minimum Gasteiger partial charge on any atom is -0.349 e. The fourth-order valence-electron chi connectivity index (χ4n) is 3.64. The molecule has 0 radical (unpaired) electrons. The Morgan fingerprint density at radius 1 is 0.933 bits per heavy atom. The summed E-state index contributed by atoms with van der Waals surface area (Å²) in [6, 6.07) is 20.5. The molecule has 1 N–H and O–H groups in total. The molecule has 30 heavy (non-hydrogen) atoms. The summed E-state index contributed by atoms with van der Waals surface area (Å²) in [5.74, 6) is -0.0707. The van der Waals surface area contributed by atoms with Gasteiger partial charge in [0.15, 0.2) is 0 Å². The second-order valence-electron chi connectivity index (χ2n) is 7.26. The molecule has 1 atom stereocenters. The van der Waals surface area contributed by atoms with Gasteiger partial charge in [-0.15, -0.1) is 0 Å².